The molecule has 6 aromatic rings. The number of hydrogen-bond acceptors (Lipinski definition) is 16. The van der Waals surface area contributed by atoms with Gasteiger partial charge in [-0.1, -0.05) is 24.3 Å². The molecule has 0 aromatic heterocycles. The van der Waals surface area contributed by atoms with E-state index in [1.807, 2.05) is 6.92 Å². The zero-order chi connectivity index (χ0) is 41.3. The zero-order valence-corrected chi connectivity index (χ0v) is 31.9. The number of benzene rings is 6. The molecule has 0 radical (unpaired) electrons. The van der Waals surface area contributed by atoms with E-state index in [0.717, 1.165) is 10.9 Å². The smallest absolute Gasteiger partial charge is 0.425 e. The highest BCUT2D eigenvalue weighted by Gasteiger charge is 2.12. The molecule has 0 bridgehead atoms. The van der Waals surface area contributed by atoms with Gasteiger partial charge in [-0.3, -0.25) is 9.11 Å². The van der Waals surface area contributed by atoms with E-state index in [1.54, 1.807) is 72.8 Å². The van der Waals surface area contributed by atoms with E-state index in [2.05, 4.69) is 36.0 Å². The first-order chi connectivity index (χ1) is 27.0. The predicted molar refractivity (Wildman–Crippen MR) is 208 cm³/mol. The van der Waals surface area contributed by atoms with Crippen molar-refractivity contribution >= 4 is 87.1 Å². The molecule has 0 saturated heterocycles. The second-order valence-corrected chi connectivity index (χ2v) is 14.9. The summed E-state index contributed by atoms with van der Waals surface area (Å²) in [4.78, 5) is -0.546. The molecule has 6 rings (SSSR count). The van der Waals surface area contributed by atoms with Gasteiger partial charge in [0.1, 0.15) is 17.1 Å². The van der Waals surface area contributed by atoms with Gasteiger partial charge < -0.3 is 15.2 Å². The van der Waals surface area contributed by atoms with Crippen molar-refractivity contribution in [3.63, 3.8) is 0 Å². The monoisotopic (exact) mass is 831 g/mol. The minimum absolute atomic E-state index is 0.100. The number of nitrogens with zero attached hydrogens (tertiary/aromatic N) is 6. The number of ether oxygens (including phenoxy) is 1. The Labute approximate surface area is 326 Å². The fourth-order valence-electron chi connectivity index (χ4n) is 5.02. The van der Waals surface area contributed by atoms with Crippen LogP contribution in [0.15, 0.2) is 156 Å². The van der Waals surface area contributed by atoms with Crippen LogP contribution in [0.2, 0.25) is 0 Å². The first kappa shape index (κ1) is 41.4. The number of aryl methyl sites for hydroxylation is 1. The molecule has 0 aliphatic carbocycles. The van der Waals surface area contributed by atoms with Gasteiger partial charge in [0.05, 0.1) is 39.7 Å². The van der Waals surface area contributed by atoms with Crippen molar-refractivity contribution in [2.75, 3.05) is 12.4 Å². The molecule has 0 aliphatic rings. The molecule has 0 aliphatic heterocycles. The van der Waals surface area contributed by atoms with Crippen LogP contribution in [0.3, 0.4) is 0 Å². The minimum atomic E-state index is -4.38. The summed E-state index contributed by atoms with van der Waals surface area (Å²) >= 11 is 0. The Balaban J connectivity index is 0.00000148. The molecule has 0 fully saturated rings. The summed E-state index contributed by atoms with van der Waals surface area (Å²) in [5, 5.41) is 40.7. The van der Waals surface area contributed by atoms with E-state index in [0.29, 0.717) is 45.3 Å². The lowest BCUT2D eigenvalue weighted by Crippen LogP contribution is -1.99. The number of nitrogens with one attached hydrogen (secondary N) is 1. The highest BCUT2D eigenvalue weighted by molar-refractivity contribution is 7.86. The maximum Gasteiger partial charge on any atom is 0.425 e. The summed E-state index contributed by atoms with van der Waals surface area (Å²) in [5.74, 6) is 0.265. The van der Waals surface area contributed by atoms with Crippen LogP contribution in [-0.2, 0) is 30.8 Å². The molecule has 0 saturated carbocycles. The van der Waals surface area contributed by atoms with Crippen LogP contribution in [0.1, 0.15) is 5.56 Å². The second-order valence-electron chi connectivity index (χ2n) is 11.6. The van der Waals surface area contributed by atoms with Crippen LogP contribution in [0.25, 0.3) is 10.8 Å². The van der Waals surface area contributed by atoms with Gasteiger partial charge in [0.25, 0.3) is 20.2 Å². The number of methoxy groups -OCH3 is 1. The Morgan fingerprint density at radius 3 is 1.74 bits per heavy atom. The van der Waals surface area contributed by atoms with E-state index in [1.165, 1.54) is 49.6 Å². The summed E-state index contributed by atoms with van der Waals surface area (Å²) in [7, 11) is -10.4. The predicted octanol–water partition coefficient (Wildman–Crippen LogP) is 9.34. The summed E-state index contributed by atoms with van der Waals surface area (Å²) < 4.78 is 95.2. The first-order valence-corrected chi connectivity index (χ1v) is 19.9. The Morgan fingerprint density at radius 1 is 0.579 bits per heavy atom. The third-order valence-electron chi connectivity index (χ3n) is 7.67. The molecule has 0 atom stereocenters. The van der Waals surface area contributed by atoms with Crippen LogP contribution in [-0.4, -0.2) is 50.8 Å². The molecule has 6 aromatic carbocycles. The fraction of sp³-hybridized carbons (Fsp3) is 0.0556. The minimum Gasteiger partial charge on any atom is -0.505 e. The van der Waals surface area contributed by atoms with Crippen molar-refractivity contribution < 1.29 is 48.4 Å². The maximum absolute atomic E-state index is 11.5. The highest BCUT2D eigenvalue weighted by atomic mass is 32.2. The molecule has 0 spiro atoms. The molecule has 292 valence electrons. The van der Waals surface area contributed by atoms with Crippen LogP contribution < -0.4 is 10.1 Å². The summed E-state index contributed by atoms with van der Waals surface area (Å²) in [6.45, 7) is 1.83. The lowest BCUT2D eigenvalue weighted by Gasteiger charge is -2.10. The molecule has 0 unspecified atom stereocenters. The van der Waals surface area contributed by atoms with E-state index >= 15 is 0 Å². The average molecular weight is 832 g/mol. The highest BCUT2D eigenvalue weighted by Crippen LogP contribution is 2.38. The van der Waals surface area contributed by atoms with Gasteiger partial charge in [0.2, 0.25) is 0 Å². The van der Waals surface area contributed by atoms with Gasteiger partial charge in [-0.05, 0) is 103 Å². The number of rotatable bonds is 11. The van der Waals surface area contributed by atoms with Gasteiger partial charge in [0.15, 0.2) is 5.75 Å². The Morgan fingerprint density at radius 2 is 1.09 bits per heavy atom. The van der Waals surface area contributed by atoms with E-state index in [4.69, 9.17) is 17.4 Å². The standard InChI is InChI=1S/C36H29N7O8S2.O3S/c1-22-17-27(40-43-34-14-10-23-9-11-25(20-31(23)36(34)44)37-24-5-3-7-29(18-24)52(45,46)47)12-15-32(22)41-42-33-16-13-28(21-35(33)51-2)39-38-26-6-4-8-30(19-26)53(48,49)50;1-4(2)3/h3-21,37,44H,1-2H3,(H,45,46,47)(H,48,49,50);. The fourth-order valence-corrected chi connectivity index (χ4v) is 6.06. The van der Waals surface area contributed by atoms with Crippen molar-refractivity contribution in [3.05, 3.63) is 121 Å². The van der Waals surface area contributed by atoms with Crippen molar-refractivity contribution in [3.8, 4) is 11.5 Å². The molecular formula is C36H29N7O11S3. The molecule has 21 heteroatoms. The average Bonchev–Trinajstić information content (AvgIpc) is 3.16. The van der Waals surface area contributed by atoms with Gasteiger partial charge in [-0.25, -0.2) is 0 Å². The molecule has 0 heterocycles. The molecular weight excluding hydrogens is 803 g/mol. The van der Waals surface area contributed by atoms with Gasteiger partial charge in [-0.15, -0.1) is 22.9 Å². The maximum atomic E-state index is 11.5. The number of azo groups is 3. The van der Waals surface area contributed by atoms with E-state index in [9.17, 15) is 31.0 Å². The van der Waals surface area contributed by atoms with Crippen LogP contribution >= 0.6 is 0 Å². The quantitative estimate of drug-likeness (QED) is 0.0702. The Hall–Kier alpha value is -6.78. The zero-order valence-electron chi connectivity index (χ0n) is 29.5. The van der Waals surface area contributed by atoms with Crippen LogP contribution in [0.4, 0.5) is 45.5 Å². The molecule has 4 N–H and O–H groups in total. The van der Waals surface area contributed by atoms with E-state index < -0.39 is 30.8 Å². The van der Waals surface area contributed by atoms with Crippen LogP contribution in [0.5, 0.6) is 11.5 Å². The normalized spacial score (nSPS) is 11.9. The largest absolute Gasteiger partial charge is 0.505 e. The van der Waals surface area contributed by atoms with Crippen molar-refractivity contribution in [2.24, 2.45) is 30.7 Å². The number of fused-ring (bicyclic) bond motifs is 1. The molecule has 57 heavy (non-hydrogen) atoms. The van der Waals surface area contributed by atoms with E-state index in [-0.39, 0.29) is 26.9 Å². The summed E-state index contributed by atoms with van der Waals surface area (Å²) in [5.41, 5.74) is 4.08. The second kappa shape index (κ2) is 17.8. The number of phenols is 1. The molecule has 18 nitrogen and oxygen atoms in total. The Kier molecular flexibility index (Phi) is 12.9. The number of aromatic hydroxyl groups is 1. The summed E-state index contributed by atoms with van der Waals surface area (Å²) in [6.07, 6.45) is 0. The van der Waals surface area contributed by atoms with Crippen molar-refractivity contribution in [1.29, 1.82) is 0 Å². The van der Waals surface area contributed by atoms with Gasteiger partial charge >= 0.3 is 10.6 Å². The topological polar surface area (TPSA) is 276 Å². The number of hydrogen-bond donors (Lipinski definition) is 4. The van der Waals surface area contributed by atoms with Gasteiger partial charge in [0, 0.05) is 22.8 Å². The first-order valence-electron chi connectivity index (χ1n) is 16.0. The third kappa shape index (κ3) is 11.4. The lowest BCUT2D eigenvalue weighted by atomic mass is 10.1. The van der Waals surface area contributed by atoms with Crippen molar-refractivity contribution in [1.82, 2.24) is 0 Å². The van der Waals surface area contributed by atoms with Crippen molar-refractivity contribution in [2.45, 2.75) is 16.7 Å². The third-order valence-corrected chi connectivity index (χ3v) is 9.37. The number of anilines is 2. The van der Waals surface area contributed by atoms with Crippen LogP contribution in [0, 0.1) is 6.92 Å². The SMILES string of the molecule is COc1cc(N=Nc2cccc(S(=O)(=O)O)c2)ccc1N=Nc1ccc(N=Nc2ccc3ccc(Nc4cccc(S(=O)(=O)O)c4)cc3c2O)cc1C.O=S(=O)=O. The lowest BCUT2D eigenvalue weighted by molar-refractivity contribution is 0.416. The summed E-state index contributed by atoms with van der Waals surface area (Å²) in [6, 6.07) is 29.8. The Bertz CT molecular complexity index is 2920. The number of phenolic OH excluding ortho intramolecular Hbond substituents is 1. The van der Waals surface area contributed by atoms with Gasteiger partial charge in [-0.2, -0.15) is 37.3 Å². The molecule has 0 amide bonds.